The lowest BCUT2D eigenvalue weighted by Crippen LogP contribution is -2.30. The van der Waals surface area contributed by atoms with Crippen molar-refractivity contribution in [3.05, 3.63) is 0 Å². The third-order valence-electron chi connectivity index (χ3n) is 15.6. The molecule has 0 heterocycles. The van der Waals surface area contributed by atoms with Gasteiger partial charge in [-0.25, -0.2) is 9.13 Å². The van der Waals surface area contributed by atoms with Crippen LogP contribution in [0.5, 0.6) is 0 Å². The van der Waals surface area contributed by atoms with Gasteiger partial charge in [-0.05, 0) is 49.4 Å². The van der Waals surface area contributed by atoms with E-state index in [0.717, 1.165) is 108 Å². The van der Waals surface area contributed by atoms with Crippen molar-refractivity contribution < 1.29 is 80.2 Å². The van der Waals surface area contributed by atoms with E-state index in [0.29, 0.717) is 37.5 Å². The third-order valence-corrected chi connectivity index (χ3v) is 17.5. The van der Waals surface area contributed by atoms with Crippen molar-refractivity contribution >= 4 is 39.5 Å². The van der Waals surface area contributed by atoms with Crippen LogP contribution in [-0.2, 0) is 65.4 Å². The molecule has 0 aliphatic carbocycles. The standard InChI is InChI=1S/C68H132O17P2/c1-58(2)44-36-28-20-15-13-11-9-10-12-14-16-24-34-42-50-67(72)84-64(55-79-66(71)49-41-33-27-26-31-39-47-61(7)8)57-83-87(76,77)81-53-62(69)52-80-86(74,75)82-56-63(85-68(73)51-43-35-25-19-22-30-38-46-60(5)6)54-78-65(70)48-40-32-23-18-17-21-29-37-45-59(3)4/h58-64,69H,9-57H2,1-8H3,(H,74,75)(H,76,77)/t62-,63-,64-/m1/s1. The van der Waals surface area contributed by atoms with Crippen LogP contribution in [0.25, 0.3) is 0 Å². The van der Waals surface area contributed by atoms with Crippen molar-refractivity contribution in [3.63, 3.8) is 0 Å². The first kappa shape index (κ1) is 85.1. The normalized spacial score (nSPS) is 14.3. The molecule has 19 heteroatoms. The first-order chi connectivity index (χ1) is 41.6. The molecule has 5 atom stereocenters. The van der Waals surface area contributed by atoms with E-state index in [1.165, 1.54) is 128 Å². The summed E-state index contributed by atoms with van der Waals surface area (Å²) < 4.78 is 68.1. The summed E-state index contributed by atoms with van der Waals surface area (Å²) in [4.78, 5) is 72.3. The molecule has 0 fully saturated rings. The van der Waals surface area contributed by atoms with Crippen LogP contribution in [0.4, 0.5) is 0 Å². The van der Waals surface area contributed by atoms with Crippen LogP contribution in [0.2, 0.25) is 0 Å². The Morgan fingerprint density at radius 3 is 0.713 bits per heavy atom. The number of ether oxygens (including phenoxy) is 4. The van der Waals surface area contributed by atoms with Gasteiger partial charge in [-0.3, -0.25) is 37.3 Å². The maximum atomic E-state index is 13.0. The maximum absolute atomic E-state index is 13.0. The molecule has 0 amide bonds. The van der Waals surface area contributed by atoms with Gasteiger partial charge in [0.2, 0.25) is 0 Å². The highest BCUT2D eigenvalue weighted by molar-refractivity contribution is 7.47. The number of esters is 4. The van der Waals surface area contributed by atoms with Crippen LogP contribution < -0.4 is 0 Å². The summed E-state index contributed by atoms with van der Waals surface area (Å²) in [5, 5.41) is 10.6. The largest absolute Gasteiger partial charge is 0.472 e. The Hall–Kier alpha value is -1.94. The van der Waals surface area contributed by atoms with E-state index in [4.69, 9.17) is 37.0 Å². The summed E-state index contributed by atoms with van der Waals surface area (Å²) in [6.45, 7) is 14.0. The summed E-state index contributed by atoms with van der Waals surface area (Å²) in [7, 11) is -9.90. The van der Waals surface area contributed by atoms with Crippen LogP contribution in [0.1, 0.15) is 331 Å². The predicted molar refractivity (Wildman–Crippen MR) is 349 cm³/mol. The second kappa shape index (κ2) is 57.9. The van der Waals surface area contributed by atoms with Crippen molar-refractivity contribution in [2.45, 2.75) is 350 Å². The zero-order valence-electron chi connectivity index (χ0n) is 56.6. The van der Waals surface area contributed by atoms with Gasteiger partial charge in [0.25, 0.3) is 0 Å². The summed E-state index contributed by atoms with van der Waals surface area (Å²) in [5.74, 6) is 0.760. The molecular formula is C68H132O17P2. The molecule has 0 aliphatic rings. The number of rotatable bonds is 65. The average molecular weight is 1280 g/mol. The zero-order chi connectivity index (χ0) is 64.7. The molecule has 87 heavy (non-hydrogen) atoms. The third kappa shape index (κ3) is 62.6. The van der Waals surface area contributed by atoms with Crippen LogP contribution in [-0.4, -0.2) is 96.7 Å². The number of phosphoric ester groups is 2. The highest BCUT2D eigenvalue weighted by atomic mass is 31.2. The minimum atomic E-state index is -4.95. The number of carbonyl (C=O) groups excluding carboxylic acids is 4. The summed E-state index contributed by atoms with van der Waals surface area (Å²) in [5.41, 5.74) is 0. The molecule has 0 saturated carbocycles. The van der Waals surface area contributed by atoms with E-state index in [1.54, 1.807) is 0 Å². The van der Waals surface area contributed by atoms with Gasteiger partial charge in [-0.1, -0.05) is 280 Å². The topological polar surface area (TPSA) is 237 Å². The predicted octanol–water partition coefficient (Wildman–Crippen LogP) is 18.9. The van der Waals surface area contributed by atoms with Gasteiger partial charge in [0.15, 0.2) is 12.2 Å². The molecule has 0 aromatic carbocycles. The number of hydrogen-bond donors (Lipinski definition) is 3. The Kier molecular flexibility index (Phi) is 56.6. The fourth-order valence-electron chi connectivity index (χ4n) is 10.1. The Labute approximate surface area is 530 Å². The smallest absolute Gasteiger partial charge is 0.462 e. The van der Waals surface area contributed by atoms with E-state index in [-0.39, 0.29) is 25.7 Å². The van der Waals surface area contributed by atoms with Crippen LogP contribution >= 0.6 is 15.6 Å². The van der Waals surface area contributed by atoms with Gasteiger partial charge in [-0.15, -0.1) is 0 Å². The molecule has 0 rings (SSSR count). The van der Waals surface area contributed by atoms with Crippen LogP contribution in [0.3, 0.4) is 0 Å². The average Bonchev–Trinajstić information content (AvgIpc) is 3.48. The Bertz CT molecular complexity index is 1730. The van der Waals surface area contributed by atoms with Crippen molar-refractivity contribution in [1.82, 2.24) is 0 Å². The van der Waals surface area contributed by atoms with Gasteiger partial charge >= 0.3 is 39.5 Å². The first-order valence-electron chi connectivity index (χ1n) is 35.2. The lowest BCUT2D eigenvalue weighted by Gasteiger charge is -2.21. The minimum absolute atomic E-state index is 0.102. The highest BCUT2D eigenvalue weighted by Gasteiger charge is 2.30. The molecule has 0 spiro atoms. The molecule has 0 radical (unpaired) electrons. The summed E-state index contributed by atoms with van der Waals surface area (Å²) in [6.07, 6.45) is 39.3. The molecule has 0 aromatic rings. The quantitative estimate of drug-likeness (QED) is 0.0222. The number of aliphatic hydroxyl groups excluding tert-OH is 1. The van der Waals surface area contributed by atoms with Crippen molar-refractivity contribution in [3.8, 4) is 0 Å². The molecule has 0 saturated heterocycles. The van der Waals surface area contributed by atoms with E-state index in [1.807, 2.05) is 0 Å². The lowest BCUT2D eigenvalue weighted by atomic mass is 10.0. The van der Waals surface area contributed by atoms with E-state index in [2.05, 4.69) is 55.4 Å². The van der Waals surface area contributed by atoms with Gasteiger partial charge in [0.05, 0.1) is 26.4 Å². The highest BCUT2D eigenvalue weighted by Crippen LogP contribution is 2.45. The number of phosphoric acid groups is 2. The SMILES string of the molecule is CC(C)CCCCCCCCCCCCCCCCC(=O)O[C@H](COC(=O)CCCCCCCCC(C)C)COP(=O)(O)OC[C@H](O)COP(=O)(O)OC[C@@H](COC(=O)CCCCCCCCCCC(C)C)OC(=O)CCCCCCCCCC(C)C. The number of unbranched alkanes of at least 4 members (excludes halogenated alkanes) is 31. The first-order valence-corrected chi connectivity index (χ1v) is 38.2. The minimum Gasteiger partial charge on any atom is -0.462 e. The molecule has 2 unspecified atom stereocenters. The second-order valence-electron chi connectivity index (χ2n) is 26.5. The molecule has 516 valence electrons. The summed E-state index contributed by atoms with van der Waals surface area (Å²) >= 11 is 0. The molecular weight excluding hydrogens is 1150 g/mol. The van der Waals surface area contributed by atoms with Gasteiger partial charge < -0.3 is 33.8 Å². The lowest BCUT2D eigenvalue weighted by molar-refractivity contribution is -0.161. The van der Waals surface area contributed by atoms with Crippen LogP contribution in [0, 0.1) is 23.7 Å². The van der Waals surface area contributed by atoms with E-state index >= 15 is 0 Å². The fourth-order valence-corrected chi connectivity index (χ4v) is 11.7. The maximum Gasteiger partial charge on any atom is 0.472 e. The number of carbonyl (C=O) groups is 4. The zero-order valence-corrected chi connectivity index (χ0v) is 58.4. The Balaban J connectivity index is 5.21. The van der Waals surface area contributed by atoms with Crippen molar-refractivity contribution in [2.24, 2.45) is 23.7 Å². The summed E-state index contributed by atoms with van der Waals surface area (Å²) in [6, 6.07) is 0. The van der Waals surface area contributed by atoms with Crippen molar-refractivity contribution in [1.29, 1.82) is 0 Å². The molecule has 0 bridgehead atoms. The van der Waals surface area contributed by atoms with Gasteiger partial charge in [0, 0.05) is 25.7 Å². The van der Waals surface area contributed by atoms with E-state index < -0.39 is 97.5 Å². The molecule has 0 aliphatic heterocycles. The second-order valence-corrected chi connectivity index (χ2v) is 29.4. The van der Waals surface area contributed by atoms with Crippen molar-refractivity contribution in [2.75, 3.05) is 39.6 Å². The Morgan fingerprint density at radius 2 is 0.483 bits per heavy atom. The number of aliphatic hydroxyl groups is 1. The molecule has 17 nitrogen and oxygen atoms in total. The fraction of sp³-hybridized carbons (Fsp3) is 0.941. The van der Waals surface area contributed by atoms with Gasteiger partial charge in [-0.2, -0.15) is 0 Å². The van der Waals surface area contributed by atoms with Crippen LogP contribution in [0.15, 0.2) is 0 Å². The Morgan fingerprint density at radius 1 is 0.287 bits per heavy atom. The van der Waals surface area contributed by atoms with Gasteiger partial charge in [0.1, 0.15) is 19.3 Å². The molecule has 0 aromatic heterocycles. The van der Waals surface area contributed by atoms with E-state index in [9.17, 15) is 43.2 Å². The number of hydrogen-bond acceptors (Lipinski definition) is 15. The molecule has 3 N–H and O–H groups in total. The monoisotopic (exact) mass is 1280 g/mol.